The summed E-state index contributed by atoms with van der Waals surface area (Å²) in [6, 6.07) is 8.17. The number of sulfonamides is 1. The van der Waals surface area contributed by atoms with Crippen LogP contribution in [0.5, 0.6) is 5.75 Å². The predicted molar refractivity (Wildman–Crippen MR) is 151 cm³/mol. The number of amides is 1. The first-order chi connectivity index (χ1) is 18.3. The third-order valence-electron chi connectivity index (χ3n) is 7.51. The number of benzene rings is 2. The molecular weight excluding hydrogens is 566 g/mol. The van der Waals surface area contributed by atoms with Crippen molar-refractivity contribution in [2.75, 3.05) is 33.1 Å². The number of piperidine rings is 1. The number of likely N-dealkylation sites (tertiary alicyclic amines) is 1. The van der Waals surface area contributed by atoms with Crippen molar-refractivity contribution in [2.45, 2.75) is 57.1 Å². The summed E-state index contributed by atoms with van der Waals surface area (Å²) in [7, 11) is -2.11. The van der Waals surface area contributed by atoms with Gasteiger partial charge in [0, 0.05) is 23.2 Å². The van der Waals surface area contributed by atoms with E-state index in [1.807, 2.05) is 16.9 Å². The molecule has 2 aromatic carbocycles. The van der Waals surface area contributed by atoms with E-state index in [2.05, 4.69) is 18.7 Å². The summed E-state index contributed by atoms with van der Waals surface area (Å²) in [6.07, 6.45) is 4.44. The number of nitrogens with one attached hydrogen (secondary N) is 1. The van der Waals surface area contributed by atoms with Crippen LogP contribution in [-0.4, -0.2) is 57.9 Å². The lowest BCUT2D eigenvalue weighted by Gasteiger charge is -2.44. The fourth-order valence-electron chi connectivity index (χ4n) is 5.29. The van der Waals surface area contributed by atoms with Gasteiger partial charge in [-0.05, 0) is 99.8 Å². The van der Waals surface area contributed by atoms with Crippen LogP contribution >= 0.6 is 23.2 Å². The van der Waals surface area contributed by atoms with Crippen molar-refractivity contribution < 1.29 is 27.1 Å². The van der Waals surface area contributed by atoms with Crippen LogP contribution < -0.4 is 9.46 Å². The number of methoxy groups -OCH3 is 1. The first-order valence-electron chi connectivity index (χ1n) is 13.0. The van der Waals surface area contributed by atoms with Crippen molar-refractivity contribution >= 4 is 39.1 Å². The number of carbonyl (C=O) groups is 1. The quantitative estimate of drug-likeness (QED) is 0.362. The Morgan fingerprint density at radius 3 is 2.26 bits per heavy atom. The predicted octanol–water partition coefficient (Wildman–Crippen LogP) is 5.96. The normalized spacial score (nSPS) is 18.1. The maximum absolute atomic E-state index is 14.8. The van der Waals surface area contributed by atoms with E-state index in [1.54, 1.807) is 13.2 Å². The molecule has 0 radical (unpaired) electrons. The molecular formula is C28H35Cl2FN2O5S. The Bertz CT molecular complexity index is 1310. The molecule has 1 aliphatic heterocycles. The first-order valence-corrected chi connectivity index (χ1v) is 15.7. The maximum atomic E-state index is 14.8. The smallest absolute Gasteiger partial charge is 0.267 e. The minimum Gasteiger partial charge on any atom is -0.493 e. The maximum Gasteiger partial charge on any atom is 0.267 e. The summed E-state index contributed by atoms with van der Waals surface area (Å²) in [5, 5.41) is 1.16. The molecule has 39 heavy (non-hydrogen) atoms. The molecule has 1 aliphatic carbocycles. The molecule has 1 heterocycles. The Kier molecular flexibility index (Phi) is 9.18. The topological polar surface area (TPSA) is 84.9 Å². The molecule has 4 rings (SSSR count). The van der Waals surface area contributed by atoms with Crippen molar-refractivity contribution in [1.82, 2.24) is 9.62 Å². The van der Waals surface area contributed by atoms with Crippen molar-refractivity contribution in [2.24, 2.45) is 5.92 Å². The van der Waals surface area contributed by atoms with Crippen molar-refractivity contribution in [3.63, 3.8) is 0 Å². The monoisotopic (exact) mass is 600 g/mol. The van der Waals surface area contributed by atoms with E-state index in [0.29, 0.717) is 22.4 Å². The highest BCUT2D eigenvalue weighted by atomic mass is 35.5. The molecule has 0 unspecified atom stereocenters. The number of rotatable bonds is 10. The van der Waals surface area contributed by atoms with Gasteiger partial charge in [-0.1, -0.05) is 23.2 Å². The summed E-state index contributed by atoms with van der Waals surface area (Å²) in [4.78, 5) is 14.7. The van der Waals surface area contributed by atoms with Gasteiger partial charge in [0.2, 0.25) is 10.0 Å². The highest BCUT2D eigenvalue weighted by Gasteiger charge is 2.38. The van der Waals surface area contributed by atoms with Gasteiger partial charge < -0.3 is 9.47 Å². The summed E-state index contributed by atoms with van der Waals surface area (Å²) < 4.78 is 51.6. The lowest BCUT2D eigenvalue weighted by molar-refractivity contribution is -0.0644. The Labute approximate surface area is 240 Å². The van der Waals surface area contributed by atoms with E-state index in [-0.39, 0.29) is 23.4 Å². The third-order valence-corrected chi connectivity index (χ3v) is 8.51. The Balaban J connectivity index is 1.44. The largest absolute Gasteiger partial charge is 0.493 e. The second kappa shape index (κ2) is 11.9. The van der Waals surface area contributed by atoms with Gasteiger partial charge >= 0.3 is 0 Å². The lowest BCUT2D eigenvalue weighted by atomic mass is 9.87. The van der Waals surface area contributed by atoms with Gasteiger partial charge in [0.05, 0.1) is 30.1 Å². The number of ether oxygens (including phenoxy) is 2. The molecule has 2 aliphatic rings. The van der Waals surface area contributed by atoms with Gasteiger partial charge in [0.1, 0.15) is 11.6 Å². The van der Waals surface area contributed by atoms with Crippen LogP contribution in [0.3, 0.4) is 0 Å². The Morgan fingerprint density at radius 2 is 1.72 bits per heavy atom. The molecule has 214 valence electrons. The Hall–Kier alpha value is -1.91. The summed E-state index contributed by atoms with van der Waals surface area (Å²) >= 11 is 12.6. The van der Waals surface area contributed by atoms with Crippen LogP contribution in [-0.2, 0) is 14.8 Å². The molecule has 2 aromatic rings. The fourth-order valence-corrected chi connectivity index (χ4v) is 6.28. The summed E-state index contributed by atoms with van der Waals surface area (Å²) in [5.74, 6) is -0.937. The van der Waals surface area contributed by atoms with Crippen LogP contribution in [0.2, 0.25) is 10.0 Å². The van der Waals surface area contributed by atoms with Crippen molar-refractivity contribution in [1.29, 1.82) is 0 Å². The van der Waals surface area contributed by atoms with Crippen LogP contribution in [0.4, 0.5) is 4.39 Å². The number of hydrogen-bond donors (Lipinski definition) is 1. The van der Waals surface area contributed by atoms with Gasteiger partial charge in [-0.2, -0.15) is 0 Å². The fraction of sp³-hybridized carbons (Fsp3) is 0.536. The highest BCUT2D eigenvalue weighted by molar-refractivity contribution is 7.89. The second-order valence-corrected chi connectivity index (χ2v) is 13.7. The van der Waals surface area contributed by atoms with E-state index in [0.717, 1.165) is 56.2 Å². The van der Waals surface area contributed by atoms with Gasteiger partial charge in [-0.15, -0.1) is 0 Å². The summed E-state index contributed by atoms with van der Waals surface area (Å²) in [5.41, 5.74) is 0.959. The second-order valence-electron chi connectivity index (χ2n) is 11.1. The molecule has 1 saturated carbocycles. The minimum atomic E-state index is -3.81. The molecule has 0 aromatic heterocycles. The minimum absolute atomic E-state index is 0.0539. The Morgan fingerprint density at radius 1 is 1.10 bits per heavy atom. The highest BCUT2D eigenvalue weighted by Crippen LogP contribution is 2.45. The van der Waals surface area contributed by atoms with E-state index in [4.69, 9.17) is 32.7 Å². The van der Waals surface area contributed by atoms with Crippen molar-refractivity contribution in [3.05, 3.63) is 62.9 Å². The van der Waals surface area contributed by atoms with E-state index in [1.165, 1.54) is 12.1 Å². The molecule has 2 fully saturated rings. The SMILES string of the molecule is COC(C)(C)[C@H](c1cc(Cl)cc(Cl)c1)N1CCC(COc2cc(F)c(C(=O)NS(C)(=O)=O)cc2C2CC2)CC1. The summed E-state index contributed by atoms with van der Waals surface area (Å²) in [6.45, 7) is 6.14. The third kappa shape index (κ3) is 7.64. The zero-order chi connectivity index (χ0) is 28.5. The van der Waals surface area contributed by atoms with Crippen LogP contribution in [0.25, 0.3) is 0 Å². The molecule has 7 nitrogen and oxygen atoms in total. The van der Waals surface area contributed by atoms with Gasteiger partial charge in [0.25, 0.3) is 5.91 Å². The average molecular weight is 602 g/mol. The number of carbonyl (C=O) groups excluding carboxylic acids is 1. The zero-order valence-corrected chi connectivity index (χ0v) is 24.9. The van der Waals surface area contributed by atoms with Crippen molar-refractivity contribution in [3.8, 4) is 5.75 Å². The number of halogens is 3. The molecule has 1 amide bonds. The number of hydrogen-bond acceptors (Lipinski definition) is 6. The van der Waals surface area contributed by atoms with E-state index >= 15 is 0 Å². The standard InChI is InChI=1S/C28H35Cl2FN2O5S/c1-28(2,37-3)26(19-11-20(29)13-21(30)12-19)33-9-7-17(8-10-33)16-38-25-15-24(31)23(14-22(25)18-5-6-18)27(34)32-39(4,35)36/h11-15,17-18,26H,5-10,16H2,1-4H3,(H,32,34)/t26-/m0/s1. The van der Waals surface area contributed by atoms with Gasteiger partial charge in [-0.25, -0.2) is 17.5 Å². The molecule has 0 bridgehead atoms. The van der Waals surface area contributed by atoms with Gasteiger partial charge in [-0.3, -0.25) is 9.69 Å². The molecule has 1 saturated heterocycles. The molecule has 0 spiro atoms. The number of nitrogens with zero attached hydrogens (tertiary/aromatic N) is 1. The van der Waals surface area contributed by atoms with E-state index < -0.39 is 27.3 Å². The van der Waals surface area contributed by atoms with Gasteiger partial charge in [0.15, 0.2) is 0 Å². The van der Waals surface area contributed by atoms with E-state index in [9.17, 15) is 17.6 Å². The molecule has 1 N–H and O–H groups in total. The van der Waals surface area contributed by atoms with Crippen LogP contribution in [0, 0.1) is 11.7 Å². The average Bonchev–Trinajstić information content (AvgIpc) is 3.67. The van der Waals surface area contributed by atoms with Crippen LogP contribution in [0.15, 0.2) is 30.3 Å². The lowest BCUT2D eigenvalue weighted by Crippen LogP contribution is -2.47. The zero-order valence-electron chi connectivity index (χ0n) is 22.6. The van der Waals surface area contributed by atoms with Crippen LogP contribution in [0.1, 0.15) is 73.0 Å². The first kappa shape index (κ1) is 30.1. The molecule has 11 heteroatoms. The molecule has 1 atom stereocenters.